The zero-order valence-electron chi connectivity index (χ0n) is 6.49. The summed E-state index contributed by atoms with van der Waals surface area (Å²) in [5.74, 6) is 1.48. The number of thiol groups is 3. The molecule has 0 aromatic rings. The molecule has 0 aliphatic rings. The second-order valence-corrected chi connectivity index (χ2v) is 4.64. The molecule has 62 valence electrons. The Morgan fingerprint density at radius 2 is 1.70 bits per heavy atom. The summed E-state index contributed by atoms with van der Waals surface area (Å²) in [5.41, 5.74) is 0. The second kappa shape index (κ2) is 5.67. The minimum absolute atomic E-state index is 0.397. The van der Waals surface area contributed by atoms with Crippen LogP contribution in [0.2, 0.25) is 0 Å². The fourth-order valence-corrected chi connectivity index (χ4v) is 1.42. The second-order valence-electron chi connectivity index (χ2n) is 2.88. The van der Waals surface area contributed by atoms with E-state index in [9.17, 15) is 0 Å². The lowest BCUT2D eigenvalue weighted by Crippen LogP contribution is -2.15. The van der Waals surface area contributed by atoms with E-state index in [0.717, 1.165) is 12.2 Å². The van der Waals surface area contributed by atoms with E-state index >= 15 is 0 Å². The van der Waals surface area contributed by atoms with Crippen LogP contribution in [0.3, 0.4) is 0 Å². The van der Waals surface area contributed by atoms with E-state index in [0.29, 0.717) is 16.4 Å². The van der Waals surface area contributed by atoms with Crippen molar-refractivity contribution < 1.29 is 0 Å². The molecule has 0 rings (SSSR count). The van der Waals surface area contributed by atoms with Crippen molar-refractivity contribution >= 4 is 37.9 Å². The Hall–Kier alpha value is 1.05. The molecule has 0 aromatic carbocycles. The van der Waals surface area contributed by atoms with Crippen LogP contribution in [-0.2, 0) is 0 Å². The first kappa shape index (κ1) is 11.1. The molecule has 2 atom stereocenters. The maximum Gasteiger partial charge on any atom is 0.0115 e. The summed E-state index contributed by atoms with van der Waals surface area (Å²) in [4.78, 5) is 0. The van der Waals surface area contributed by atoms with Gasteiger partial charge in [0.05, 0.1) is 0 Å². The van der Waals surface area contributed by atoms with E-state index in [1.54, 1.807) is 0 Å². The third-order valence-electron chi connectivity index (χ3n) is 1.49. The van der Waals surface area contributed by atoms with Gasteiger partial charge in [0, 0.05) is 16.3 Å². The highest BCUT2D eigenvalue weighted by Gasteiger charge is 2.11. The summed E-state index contributed by atoms with van der Waals surface area (Å²) in [7, 11) is 0. The van der Waals surface area contributed by atoms with Crippen molar-refractivity contribution in [3.05, 3.63) is 0 Å². The van der Waals surface area contributed by atoms with Gasteiger partial charge in [0.15, 0.2) is 0 Å². The monoisotopic (exact) mass is 196 g/mol. The molecule has 0 heterocycles. The highest BCUT2D eigenvalue weighted by molar-refractivity contribution is 7.84. The maximum atomic E-state index is 4.44. The van der Waals surface area contributed by atoms with Crippen molar-refractivity contribution in [2.24, 2.45) is 5.92 Å². The Labute approximate surface area is 80.4 Å². The van der Waals surface area contributed by atoms with Crippen LogP contribution < -0.4 is 0 Å². The van der Waals surface area contributed by atoms with Crippen LogP contribution in [0, 0.1) is 5.92 Å². The highest BCUT2D eigenvalue weighted by Crippen LogP contribution is 2.18. The number of hydrogen-bond donors (Lipinski definition) is 3. The maximum absolute atomic E-state index is 4.44. The summed E-state index contributed by atoms with van der Waals surface area (Å²) < 4.78 is 0. The largest absolute Gasteiger partial charge is 0.178 e. The van der Waals surface area contributed by atoms with Gasteiger partial charge in [0.2, 0.25) is 0 Å². The predicted molar refractivity (Wildman–Crippen MR) is 58.9 cm³/mol. The molecule has 2 unspecified atom stereocenters. The van der Waals surface area contributed by atoms with Crippen molar-refractivity contribution in [2.45, 2.75) is 30.8 Å². The summed E-state index contributed by atoms with van der Waals surface area (Å²) in [6.45, 7) is 4.35. The molecular weight excluding hydrogens is 180 g/mol. The van der Waals surface area contributed by atoms with Gasteiger partial charge < -0.3 is 0 Å². The normalized spacial score (nSPS) is 17.4. The molecule has 0 aliphatic heterocycles. The van der Waals surface area contributed by atoms with Gasteiger partial charge in [-0.3, -0.25) is 0 Å². The molecule has 0 bridgehead atoms. The molecule has 0 aliphatic carbocycles. The van der Waals surface area contributed by atoms with Crippen molar-refractivity contribution in [3.8, 4) is 0 Å². The number of rotatable bonds is 4. The fraction of sp³-hybridized carbons (Fsp3) is 1.00. The van der Waals surface area contributed by atoms with Crippen LogP contribution in [0.5, 0.6) is 0 Å². The molecular formula is C7H16S3. The van der Waals surface area contributed by atoms with Gasteiger partial charge in [-0.05, 0) is 12.3 Å². The lowest BCUT2D eigenvalue weighted by molar-refractivity contribution is 0.578. The average molecular weight is 196 g/mol. The Kier molecular flexibility index (Phi) is 6.26. The van der Waals surface area contributed by atoms with E-state index in [-0.39, 0.29) is 0 Å². The molecule has 0 nitrogen and oxygen atoms in total. The quantitative estimate of drug-likeness (QED) is 0.566. The molecule has 3 heteroatoms. The van der Waals surface area contributed by atoms with Gasteiger partial charge in [-0.25, -0.2) is 0 Å². The van der Waals surface area contributed by atoms with Crippen LogP contribution >= 0.6 is 37.9 Å². The average Bonchev–Trinajstić information content (AvgIpc) is 1.87. The lowest BCUT2D eigenvalue weighted by atomic mass is 10.1. The van der Waals surface area contributed by atoms with Crippen LogP contribution in [0.25, 0.3) is 0 Å². The minimum atomic E-state index is 0.397. The summed E-state index contributed by atoms with van der Waals surface area (Å²) in [6, 6.07) is 0. The first-order valence-electron chi connectivity index (χ1n) is 3.55. The van der Waals surface area contributed by atoms with E-state index in [2.05, 4.69) is 51.7 Å². The van der Waals surface area contributed by atoms with Gasteiger partial charge in [0.25, 0.3) is 0 Å². The first-order chi connectivity index (χ1) is 4.57. The highest BCUT2D eigenvalue weighted by atomic mass is 32.1. The molecule has 0 saturated carbocycles. The van der Waals surface area contributed by atoms with Crippen LogP contribution in [0.15, 0.2) is 0 Å². The van der Waals surface area contributed by atoms with Gasteiger partial charge in [-0.1, -0.05) is 13.8 Å². The van der Waals surface area contributed by atoms with Crippen LogP contribution in [-0.4, -0.2) is 16.3 Å². The molecule has 10 heavy (non-hydrogen) atoms. The summed E-state index contributed by atoms with van der Waals surface area (Å²) >= 11 is 12.9. The van der Waals surface area contributed by atoms with Gasteiger partial charge in [-0.2, -0.15) is 37.9 Å². The SMILES string of the molecule is CC(C)C(S)CC(S)CS. The molecule has 0 spiro atoms. The van der Waals surface area contributed by atoms with E-state index in [1.807, 2.05) is 0 Å². The van der Waals surface area contributed by atoms with Crippen molar-refractivity contribution in [1.29, 1.82) is 0 Å². The Bertz CT molecular complexity index is 82.9. The van der Waals surface area contributed by atoms with E-state index in [1.165, 1.54) is 0 Å². The standard InChI is InChI=1S/C7H16S3/c1-5(2)7(10)3-6(9)4-8/h5-10H,3-4H2,1-2H3. The third kappa shape index (κ3) is 4.80. The molecule has 0 fully saturated rings. The first-order valence-corrected chi connectivity index (χ1v) is 5.21. The third-order valence-corrected chi connectivity index (χ3v) is 3.42. The fourth-order valence-electron chi connectivity index (χ4n) is 0.625. The van der Waals surface area contributed by atoms with Crippen molar-refractivity contribution in [3.63, 3.8) is 0 Å². The molecule has 0 aromatic heterocycles. The number of hydrogen-bond acceptors (Lipinski definition) is 3. The molecule has 0 amide bonds. The Morgan fingerprint density at radius 1 is 1.20 bits per heavy atom. The lowest BCUT2D eigenvalue weighted by Gasteiger charge is -2.17. The minimum Gasteiger partial charge on any atom is -0.178 e. The van der Waals surface area contributed by atoms with Crippen molar-refractivity contribution in [2.75, 3.05) is 5.75 Å². The van der Waals surface area contributed by atoms with Gasteiger partial charge in [-0.15, -0.1) is 0 Å². The van der Waals surface area contributed by atoms with E-state index in [4.69, 9.17) is 0 Å². The zero-order valence-corrected chi connectivity index (χ0v) is 9.17. The van der Waals surface area contributed by atoms with Crippen LogP contribution in [0.1, 0.15) is 20.3 Å². The zero-order chi connectivity index (χ0) is 8.15. The summed E-state index contributed by atoms with van der Waals surface area (Å²) in [6.07, 6.45) is 1.05. The Morgan fingerprint density at radius 3 is 2.00 bits per heavy atom. The van der Waals surface area contributed by atoms with Crippen molar-refractivity contribution in [1.82, 2.24) is 0 Å². The van der Waals surface area contributed by atoms with Crippen LogP contribution in [0.4, 0.5) is 0 Å². The smallest absolute Gasteiger partial charge is 0.0115 e. The Balaban J connectivity index is 3.46. The van der Waals surface area contributed by atoms with E-state index < -0.39 is 0 Å². The topological polar surface area (TPSA) is 0 Å². The predicted octanol–water partition coefficient (Wildman–Crippen LogP) is 2.56. The molecule has 0 N–H and O–H groups in total. The molecule has 0 radical (unpaired) electrons. The summed E-state index contributed by atoms with van der Waals surface area (Å²) in [5, 5.41) is 0.864. The molecule has 0 saturated heterocycles. The van der Waals surface area contributed by atoms with Gasteiger partial charge in [0.1, 0.15) is 0 Å². The van der Waals surface area contributed by atoms with Gasteiger partial charge >= 0.3 is 0 Å².